The Morgan fingerprint density at radius 1 is 1.11 bits per heavy atom. The highest BCUT2D eigenvalue weighted by molar-refractivity contribution is 5.82. The first kappa shape index (κ1) is 22.8. The molecule has 0 aromatic heterocycles. The van der Waals surface area contributed by atoms with E-state index in [9.17, 15) is 19.3 Å². The van der Waals surface area contributed by atoms with Crippen molar-refractivity contribution in [3.8, 4) is 0 Å². The average Bonchev–Trinajstić information content (AvgIpc) is 2.87. The van der Waals surface area contributed by atoms with Crippen LogP contribution in [0.4, 0.5) is 21.5 Å². The van der Waals surface area contributed by atoms with Crippen molar-refractivity contribution in [1.29, 1.82) is 0 Å². The number of carbonyl (C=O) groups excluding carboxylic acids is 1. The number of rotatable bonds is 5. The van der Waals surface area contributed by atoms with E-state index in [1.807, 2.05) is 0 Å². The topological polar surface area (TPSA) is 78.7 Å². The third-order valence-electron chi connectivity index (χ3n) is 7.05. The molecule has 3 aromatic carbocycles. The number of nitro benzene ring substituents is 1. The number of carbonyl (C=O) groups is 1. The SMILES string of the molecule is Cc1ccc(N2CCN3c4ccc([N+](=O)[O-])cc4C[C@H](C(=O)NCc4ccccc4F)[C@H]3C2)cc1. The Hall–Kier alpha value is -3.94. The van der Waals surface area contributed by atoms with Gasteiger partial charge in [0.15, 0.2) is 0 Å². The number of halogens is 1. The standard InChI is InChI=1S/C27H27FN4O3/c1-18-6-8-21(9-7-18)30-12-13-31-25-11-10-22(32(34)35)14-20(25)15-23(26(31)17-30)27(33)29-16-19-4-2-3-5-24(19)28/h2-11,14,23,26H,12-13,15-17H2,1H3,(H,29,33)/t23-,26+/m0/s1. The summed E-state index contributed by atoms with van der Waals surface area (Å²) in [5.74, 6) is -0.960. The van der Waals surface area contributed by atoms with Crippen LogP contribution in [0.5, 0.6) is 0 Å². The van der Waals surface area contributed by atoms with Crippen molar-refractivity contribution in [2.75, 3.05) is 29.4 Å². The molecule has 2 atom stereocenters. The normalized spacial score (nSPS) is 19.0. The maximum atomic E-state index is 14.1. The zero-order valence-corrected chi connectivity index (χ0v) is 19.5. The van der Waals surface area contributed by atoms with Crippen LogP contribution in [0.25, 0.3) is 0 Å². The Kier molecular flexibility index (Phi) is 6.11. The fourth-order valence-electron chi connectivity index (χ4n) is 5.17. The van der Waals surface area contributed by atoms with Crippen molar-refractivity contribution >= 4 is 23.0 Å². The number of piperazine rings is 1. The molecule has 1 fully saturated rings. The lowest BCUT2D eigenvalue weighted by molar-refractivity contribution is -0.384. The molecule has 2 aliphatic heterocycles. The monoisotopic (exact) mass is 474 g/mol. The summed E-state index contributed by atoms with van der Waals surface area (Å²) in [6.45, 7) is 4.27. The third-order valence-corrected chi connectivity index (χ3v) is 7.05. The molecule has 3 aromatic rings. The maximum absolute atomic E-state index is 14.1. The molecule has 8 heteroatoms. The molecule has 2 heterocycles. The molecule has 0 aliphatic carbocycles. The molecule has 1 N–H and O–H groups in total. The number of nitrogens with zero attached hydrogens (tertiary/aromatic N) is 3. The van der Waals surface area contributed by atoms with Crippen LogP contribution in [-0.2, 0) is 17.8 Å². The molecule has 0 spiro atoms. The molecule has 0 radical (unpaired) electrons. The van der Waals surface area contributed by atoms with Gasteiger partial charge in [0, 0.05) is 55.2 Å². The molecule has 0 unspecified atom stereocenters. The number of nitro groups is 1. The Balaban J connectivity index is 1.43. The van der Waals surface area contributed by atoms with Crippen LogP contribution in [0.2, 0.25) is 0 Å². The number of fused-ring (bicyclic) bond motifs is 3. The third kappa shape index (κ3) is 4.56. The van der Waals surface area contributed by atoms with Gasteiger partial charge in [-0.1, -0.05) is 35.9 Å². The van der Waals surface area contributed by atoms with Crippen molar-refractivity contribution in [1.82, 2.24) is 5.32 Å². The molecule has 2 aliphatic rings. The Bertz CT molecular complexity index is 1260. The Morgan fingerprint density at radius 3 is 2.63 bits per heavy atom. The van der Waals surface area contributed by atoms with Gasteiger partial charge in [0.25, 0.3) is 5.69 Å². The summed E-state index contributed by atoms with van der Waals surface area (Å²) >= 11 is 0. The van der Waals surface area contributed by atoms with Crippen molar-refractivity contribution < 1.29 is 14.1 Å². The molecule has 1 amide bonds. The number of nitrogens with one attached hydrogen (secondary N) is 1. The molecule has 0 saturated carbocycles. The van der Waals surface area contributed by atoms with Crippen molar-refractivity contribution in [3.63, 3.8) is 0 Å². The predicted molar refractivity (Wildman–Crippen MR) is 133 cm³/mol. The zero-order chi connectivity index (χ0) is 24.5. The van der Waals surface area contributed by atoms with E-state index in [0.29, 0.717) is 25.1 Å². The molecule has 5 rings (SSSR count). The first-order valence-corrected chi connectivity index (χ1v) is 11.8. The lowest BCUT2D eigenvalue weighted by Crippen LogP contribution is -2.61. The summed E-state index contributed by atoms with van der Waals surface area (Å²) in [6, 6.07) is 19.5. The number of hydrogen-bond acceptors (Lipinski definition) is 5. The fraction of sp³-hybridized carbons (Fsp3) is 0.296. The highest BCUT2D eigenvalue weighted by Gasteiger charge is 2.42. The van der Waals surface area contributed by atoms with Crippen LogP contribution in [0.3, 0.4) is 0 Å². The summed E-state index contributed by atoms with van der Waals surface area (Å²) in [5.41, 5.74) is 4.48. The van der Waals surface area contributed by atoms with E-state index >= 15 is 0 Å². The Morgan fingerprint density at radius 2 is 1.89 bits per heavy atom. The molecule has 0 bridgehead atoms. The minimum atomic E-state index is -0.426. The highest BCUT2D eigenvalue weighted by atomic mass is 19.1. The predicted octanol–water partition coefficient (Wildman–Crippen LogP) is 4.23. The summed E-state index contributed by atoms with van der Waals surface area (Å²) in [6.07, 6.45) is 0.392. The highest BCUT2D eigenvalue weighted by Crippen LogP contribution is 2.38. The minimum absolute atomic E-state index is 0.0195. The van der Waals surface area contributed by atoms with Crippen LogP contribution in [0.15, 0.2) is 66.7 Å². The van der Waals surface area contributed by atoms with Gasteiger partial charge in [-0.05, 0) is 43.2 Å². The quantitative estimate of drug-likeness (QED) is 0.442. The summed E-state index contributed by atoms with van der Waals surface area (Å²) in [5, 5.41) is 14.3. The molecule has 7 nitrogen and oxygen atoms in total. The number of amides is 1. The summed E-state index contributed by atoms with van der Waals surface area (Å²) in [7, 11) is 0. The molecular weight excluding hydrogens is 447 g/mol. The average molecular weight is 475 g/mol. The maximum Gasteiger partial charge on any atom is 0.269 e. The van der Waals surface area contributed by atoms with E-state index in [1.165, 1.54) is 17.7 Å². The van der Waals surface area contributed by atoms with Gasteiger partial charge in [-0.2, -0.15) is 0 Å². The van der Waals surface area contributed by atoms with Crippen LogP contribution in [0, 0.1) is 28.8 Å². The first-order chi connectivity index (χ1) is 16.9. The molecule has 1 saturated heterocycles. The largest absolute Gasteiger partial charge is 0.368 e. The van der Waals surface area contributed by atoms with Crippen molar-refractivity contribution in [2.45, 2.75) is 25.9 Å². The van der Waals surface area contributed by atoms with E-state index < -0.39 is 10.8 Å². The second-order valence-electron chi connectivity index (χ2n) is 9.23. The number of aryl methyl sites for hydroxylation is 1. The summed E-state index contributed by atoms with van der Waals surface area (Å²) in [4.78, 5) is 28.9. The lowest BCUT2D eigenvalue weighted by Gasteiger charge is -2.49. The van der Waals surface area contributed by atoms with E-state index in [2.05, 4.69) is 46.3 Å². The van der Waals surface area contributed by atoms with Gasteiger partial charge < -0.3 is 15.1 Å². The number of anilines is 2. The fourth-order valence-corrected chi connectivity index (χ4v) is 5.17. The molecule has 35 heavy (non-hydrogen) atoms. The van der Waals surface area contributed by atoms with Gasteiger partial charge in [0.05, 0.1) is 16.9 Å². The Labute approximate surface area is 203 Å². The van der Waals surface area contributed by atoms with Crippen molar-refractivity contribution in [3.05, 3.63) is 99.4 Å². The smallest absolute Gasteiger partial charge is 0.269 e. The first-order valence-electron chi connectivity index (χ1n) is 11.8. The second kappa shape index (κ2) is 9.37. The van der Waals surface area contributed by atoms with Gasteiger partial charge in [-0.15, -0.1) is 0 Å². The van der Waals surface area contributed by atoms with Crippen LogP contribution in [0.1, 0.15) is 16.7 Å². The number of non-ortho nitro benzene ring substituents is 1. The van der Waals surface area contributed by atoms with Crippen molar-refractivity contribution in [2.24, 2.45) is 5.92 Å². The van der Waals surface area contributed by atoms with Gasteiger partial charge in [0.1, 0.15) is 5.82 Å². The van der Waals surface area contributed by atoms with Crippen LogP contribution in [-0.4, -0.2) is 36.5 Å². The minimum Gasteiger partial charge on any atom is -0.368 e. The number of hydrogen-bond donors (Lipinski definition) is 1. The van der Waals surface area contributed by atoms with Crippen LogP contribution < -0.4 is 15.1 Å². The van der Waals surface area contributed by atoms with Gasteiger partial charge >= 0.3 is 0 Å². The van der Waals surface area contributed by atoms with E-state index in [-0.39, 0.29) is 30.0 Å². The summed E-state index contributed by atoms with van der Waals surface area (Å²) < 4.78 is 14.1. The van der Waals surface area contributed by atoms with E-state index in [1.54, 1.807) is 30.3 Å². The lowest BCUT2D eigenvalue weighted by atomic mass is 9.83. The number of benzene rings is 3. The van der Waals surface area contributed by atoms with Crippen LogP contribution >= 0.6 is 0 Å². The molecular formula is C27H27FN4O3. The van der Waals surface area contributed by atoms with Gasteiger partial charge in [-0.3, -0.25) is 14.9 Å². The van der Waals surface area contributed by atoms with E-state index in [4.69, 9.17) is 0 Å². The van der Waals surface area contributed by atoms with Gasteiger partial charge in [-0.25, -0.2) is 4.39 Å². The van der Waals surface area contributed by atoms with Gasteiger partial charge in [0.2, 0.25) is 5.91 Å². The van der Waals surface area contributed by atoms with E-state index in [0.717, 1.165) is 23.5 Å². The second-order valence-corrected chi connectivity index (χ2v) is 9.23. The molecule has 180 valence electrons. The zero-order valence-electron chi connectivity index (χ0n) is 19.5.